The number of pyridine rings is 1. The molecule has 1 aliphatic rings. The number of nitrogen functional groups attached to an aromatic ring is 1. The highest BCUT2D eigenvalue weighted by atomic mass is 19.1. The molecule has 1 aliphatic carbocycles. The number of imidazole rings is 1. The fourth-order valence-electron chi connectivity index (χ4n) is 4.59. The van der Waals surface area contributed by atoms with Crippen LogP contribution in [0.4, 0.5) is 10.1 Å². The third-order valence-electron chi connectivity index (χ3n) is 7.05. The first-order valence-corrected chi connectivity index (χ1v) is 13.2. The highest BCUT2D eigenvalue weighted by molar-refractivity contribution is 5.80. The molecule has 200 valence electrons. The van der Waals surface area contributed by atoms with Crippen molar-refractivity contribution in [3.05, 3.63) is 138 Å². The van der Waals surface area contributed by atoms with Crippen LogP contribution in [0.3, 0.4) is 0 Å². The molecule has 6 heteroatoms. The minimum absolute atomic E-state index is 0.283. The second kappa shape index (κ2) is 12.4. The SMILES string of the molecule is C=C/C=C(/c1ccc(F)cc1)c1nc(Cc2cc(C(/C=C(\C=C)NC(=C)C3CCC3)=C/C)ncc2N)[nH]c1C. The monoisotopic (exact) mass is 521 g/mol. The molecule has 0 atom stereocenters. The van der Waals surface area contributed by atoms with Gasteiger partial charge in [-0.3, -0.25) is 4.98 Å². The summed E-state index contributed by atoms with van der Waals surface area (Å²) in [7, 11) is 0. The lowest BCUT2D eigenvalue weighted by Gasteiger charge is -2.28. The van der Waals surface area contributed by atoms with Crippen molar-refractivity contribution in [3.8, 4) is 0 Å². The van der Waals surface area contributed by atoms with Gasteiger partial charge in [0.05, 0.1) is 23.3 Å². The molecule has 0 saturated heterocycles. The fourth-order valence-corrected chi connectivity index (χ4v) is 4.59. The number of aromatic amines is 1. The van der Waals surface area contributed by atoms with Crippen LogP contribution in [0.5, 0.6) is 0 Å². The van der Waals surface area contributed by atoms with Crippen molar-refractivity contribution in [1.29, 1.82) is 0 Å². The van der Waals surface area contributed by atoms with Gasteiger partial charge in [-0.25, -0.2) is 9.37 Å². The Morgan fingerprint density at radius 2 is 1.97 bits per heavy atom. The van der Waals surface area contributed by atoms with E-state index in [1.807, 2.05) is 38.1 Å². The number of rotatable bonds is 11. The van der Waals surface area contributed by atoms with Crippen LogP contribution in [0.2, 0.25) is 0 Å². The molecule has 3 aromatic rings. The van der Waals surface area contributed by atoms with E-state index in [0.717, 1.165) is 56.6 Å². The van der Waals surface area contributed by atoms with Gasteiger partial charge in [0.1, 0.15) is 11.6 Å². The van der Waals surface area contributed by atoms with E-state index in [2.05, 4.69) is 35.0 Å². The number of H-pyrrole nitrogens is 1. The summed E-state index contributed by atoms with van der Waals surface area (Å²) >= 11 is 0. The van der Waals surface area contributed by atoms with E-state index in [-0.39, 0.29) is 5.82 Å². The third kappa shape index (κ3) is 6.52. The number of hydrogen-bond acceptors (Lipinski definition) is 4. The summed E-state index contributed by atoms with van der Waals surface area (Å²) in [4.78, 5) is 12.9. The lowest BCUT2D eigenvalue weighted by Crippen LogP contribution is -2.23. The Hall–Kier alpha value is -4.45. The first-order chi connectivity index (χ1) is 18.8. The molecular weight excluding hydrogens is 485 g/mol. The lowest BCUT2D eigenvalue weighted by molar-refractivity contribution is 0.356. The standard InChI is InChI=1S/C33H36FN5/c1-6-10-29(25-13-15-27(34)16-14-25)33-22(5)38-32(39-33)19-26-18-31(36-20-30(26)35)23(7-2)17-28(8-3)37-21(4)24-11-9-12-24/h6-8,10,13-18,20,24,37H,1,3-4,9,11-12,19,35H2,2,5H3,(H,38,39)/b23-7+,28-17+,29-10-. The van der Waals surface area contributed by atoms with Crippen LogP contribution in [0, 0.1) is 18.7 Å². The van der Waals surface area contributed by atoms with E-state index in [9.17, 15) is 4.39 Å². The fraction of sp³-hybridized carbons (Fsp3) is 0.212. The van der Waals surface area contributed by atoms with Crippen molar-refractivity contribution >= 4 is 16.8 Å². The van der Waals surface area contributed by atoms with Gasteiger partial charge in [0.25, 0.3) is 0 Å². The average Bonchev–Trinajstić information content (AvgIpc) is 3.25. The summed E-state index contributed by atoms with van der Waals surface area (Å²) in [5.41, 5.74) is 14.9. The smallest absolute Gasteiger partial charge is 0.123 e. The van der Waals surface area contributed by atoms with Crippen LogP contribution >= 0.6 is 0 Å². The van der Waals surface area contributed by atoms with E-state index in [0.29, 0.717) is 18.0 Å². The largest absolute Gasteiger partial charge is 0.397 e. The molecular formula is C33H36FN5. The maximum Gasteiger partial charge on any atom is 0.123 e. The molecule has 0 aliphatic heterocycles. The number of benzene rings is 1. The van der Waals surface area contributed by atoms with Gasteiger partial charge in [-0.05, 0) is 79.7 Å². The second-order valence-corrected chi connectivity index (χ2v) is 9.75. The number of hydrogen-bond donors (Lipinski definition) is 3. The van der Waals surface area contributed by atoms with Crippen LogP contribution in [0.15, 0.2) is 98.0 Å². The van der Waals surface area contributed by atoms with Crippen molar-refractivity contribution in [2.45, 2.75) is 39.5 Å². The van der Waals surface area contributed by atoms with E-state index < -0.39 is 0 Å². The van der Waals surface area contributed by atoms with Crippen LogP contribution in [-0.2, 0) is 6.42 Å². The maximum absolute atomic E-state index is 13.5. The number of anilines is 1. The normalized spacial score (nSPS) is 14.6. The molecule has 0 radical (unpaired) electrons. The minimum atomic E-state index is -0.283. The maximum atomic E-state index is 13.5. The summed E-state index contributed by atoms with van der Waals surface area (Å²) in [6.45, 7) is 16.0. The first kappa shape index (κ1) is 27.6. The summed E-state index contributed by atoms with van der Waals surface area (Å²) in [6, 6.07) is 8.37. The second-order valence-electron chi connectivity index (χ2n) is 9.75. The Balaban J connectivity index is 1.59. The van der Waals surface area contributed by atoms with Gasteiger partial charge in [-0.2, -0.15) is 0 Å². The predicted molar refractivity (Wildman–Crippen MR) is 160 cm³/mol. The van der Waals surface area contributed by atoms with Gasteiger partial charge in [-0.1, -0.05) is 56.5 Å². The molecule has 0 spiro atoms. The lowest BCUT2D eigenvalue weighted by atomic mass is 9.83. The highest BCUT2D eigenvalue weighted by Crippen LogP contribution is 2.32. The van der Waals surface area contributed by atoms with Gasteiger partial charge in [0.15, 0.2) is 0 Å². The number of aromatic nitrogens is 3. The van der Waals surface area contributed by atoms with Crippen molar-refractivity contribution in [1.82, 2.24) is 20.3 Å². The summed E-state index contributed by atoms with van der Waals surface area (Å²) in [5, 5.41) is 3.42. The van der Waals surface area contributed by atoms with Gasteiger partial charge in [0, 0.05) is 29.1 Å². The van der Waals surface area contributed by atoms with Crippen LogP contribution < -0.4 is 11.1 Å². The molecule has 4 N–H and O–H groups in total. The Labute approximate surface area is 230 Å². The summed E-state index contributed by atoms with van der Waals surface area (Å²) in [6.07, 6.45) is 15.2. The summed E-state index contributed by atoms with van der Waals surface area (Å²) < 4.78 is 13.5. The van der Waals surface area contributed by atoms with E-state index >= 15 is 0 Å². The van der Waals surface area contributed by atoms with Gasteiger partial charge in [0.2, 0.25) is 0 Å². The van der Waals surface area contributed by atoms with Gasteiger partial charge in [-0.15, -0.1) is 0 Å². The number of nitrogens with one attached hydrogen (secondary N) is 2. The van der Waals surface area contributed by atoms with Crippen LogP contribution in [-0.4, -0.2) is 15.0 Å². The molecule has 4 rings (SSSR count). The van der Waals surface area contributed by atoms with Gasteiger partial charge < -0.3 is 16.0 Å². The molecule has 5 nitrogen and oxygen atoms in total. The Morgan fingerprint density at radius 3 is 2.59 bits per heavy atom. The van der Waals surface area contributed by atoms with E-state index in [4.69, 9.17) is 10.7 Å². The van der Waals surface area contributed by atoms with Crippen molar-refractivity contribution in [3.63, 3.8) is 0 Å². The quantitative estimate of drug-likeness (QED) is 0.229. The van der Waals surface area contributed by atoms with Gasteiger partial charge >= 0.3 is 0 Å². The highest BCUT2D eigenvalue weighted by Gasteiger charge is 2.21. The molecule has 0 amide bonds. The molecule has 2 heterocycles. The molecule has 1 aromatic carbocycles. The molecule has 0 bridgehead atoms. The number of halogens is 1. The zero-order valence-corrected chi connectivity index (χ0v) is 22.7. The average molecular weight is 522 g/mol. The number of nitrogens with two attached hydrogens (primary N) is 1. The number of nitrogens with zero attached hydrogens (tertiary/aromatic N) is 2. The zero-order chi connectivity index (χ0) is 27.9. The first-order valence-electron chi connectivity index (χ1n) is 13.2. The molecule has 0 unspecified atom stereocenters. The molecule has 1 fully saturated rings. The van der Waals surface area contributed by atoms with Crippen LogP contribution in [0.1, 0.15) is 60.2 Å². The van der Waals surface area contributed by atoms with Crippen molar-refractivity contribution in [2.75, 3.05) is 5.73 Å². The van der Waals surface area contributed by atoms with Crippen LogP contribution in [0.25, 0.3) is 11.1 Å². The van der Waals surface area contributed by atoms with E-state index in [1.165, 1.54) is 31.4 Å². The Kier molecular flexibility index (Phi) is 8.77. The molecule has 2 aromatic heterocycles. The third-order valence-corrected chi connectivity index (χ3v) is 7.05. The van der Waals surface area contributed by atoms with E-state index in [1.54, 1.807) is 30.5 Å². The number of allylic oxidation sites excluding steroid dienone is 7. The number of aryl methyl sites for hydroxylation is 1. The predicted octanol–water partition coefficient (Wildman–Crippen LogP) is 7.42. The minimum Gasteiger partial charge on any atom is -0.397 e. The Bertz CT molecular complexity index is 1470. The topological polar surface area (TPSA) is 79.6 Å². The van der Waals surface area contributed by atoms with Crippen molar-refractivity contribution in [2.24, 2.45) is 5.92 Å². The van der Waals surface area contributed by atoms with Crippen molar-refractivity contribution < 1.29 is 4.39 Å². The molecule has 1 saturated carbocycles. The summed E-state index contributed by atoms with van der Waals surface area (Å²) in [5.74, 6) is 1.01. The zero-order valence-electron chi connectivity index (χ0n) is 22.7. The molecule has 39 heavy (non-hydrogen) atoms. The Morgan fingerprint density at radius 1 is 1.23 bits per heavy atom.